The second-order valence-corrected chi connectivity index (χ2v) is 4.17. The fourth-order valence-corrected chi connectivity index (χ4v) is 2.20. The molecule has 0 aromatic carbocycles. The van der Waals surface area contributed by atoms with Crippen molar-refractivity contribution in [2.75, 3.05) is 13.1 Å². The molecule has 1 fully saturated rings. The Kier molecular flexibility index (Phi) is 3.21. The van der Waals surface area contributed by atoms with Crippen LogP contribution in [0.3, 0.4) is 0 Å². The molecule has 0 amide bonds. The minimum absolute atomic E-state index is 0.0650. The average molecular weight is 206 g/mol. The number of nitrogens with one attached hydrogen (secondary N) is 2. The van der Waals surface area contributed by atoms with Gasteiger partial charge in [-0.05, 0) is 49.9 Å². The van der Waals surface area contributed by atoms with E-state index in [9.17, 15) is 4.79 Å². The molecule has 1 aromatic heterocycles. The predicted molar refractivity (Wildman–Crippen MR) is 61.3 cm³/mol. The van der Waals surface area contributed by atoms with E-state index in [2.05, 4.69) is 16.4 Å². The second-order valence-electron chi connectivity index (χ2n) is 4.17. The number of aromatic nitrogens is 1. The van der Waals surface area contributed by atoms with Gasteiger partial charge in [-0.25, -0.2) is 0 Å². The number of hydrogen-bond donors (Lipinski definition) is 2. The van der Waals surface area contributed by atoms with Crippen LogP contribution in [-0.2, 0) is 6.42 Å². The van der Waals surface area contributed by atoms with Crippen molar-refractivity contribution in [3.63, 3.8) is 0 Å². The molecule has 0 bridgehead atoms. The van der Waals surface area contributed by atoms with Gasteiger partial charge in [0.25, 0.3) is 5.56 Å². The molecule has 3 nitrogen and oxygen atoms in total. The zero-order valence-electron chi connectivity index (χ0n) is 9.18. The third kappa shape index (κ3) is 2.29. The lowest BCUT2D eigenvalue weighted by Gasteiger charge is -2.23. The van der Waals surface area contributed by atoms with E-state index in [0.29, 0.717) is 5.92 Å². The molecule has 1 aliphatic heterocycles. The highest BCUT2D eigenvalue weighted by atomic mass is 16.1. The van der Waals surface area contributed by atoms with E-state index >= 15 is 0 Å². The first-order chi connectivity index (χ1) is 7.31. The summed E-state index contributed by atoms with van der Waals surface area (Å²) in [4.78, 5) is 14.3. The molecule has 82 valence electrons. The number of piperidine rings is 1. The Balaban J connectivity index is 2.23. The van der Waals surface area contributed by atoms with Crippen LogP contribution < -0.4 is 10.9 Å². The molecule has 2 heterocycles. The fraction of sp³-hybridized carbons (Fsp3) is 0.583. The van der Waals surface area contributed by atoms with Crippen molar-refractivity contribution in [3.05, 3.63) is 33.7 Å². The van der Waals surface area contributed by atoms with Crippen molar-refractivity contribution in [2.24, 2.45) is 0 Å². The molecule has 2 N–H and O–H groups in total. The summed E-state index contributed by atoms with van der Waals surface area (Å²) in [5.74, 6) is 0.619. The minimum atomic E-state index is 0.0650. The molecule has 0 aliphatic carbocycles. The lowest BCUT2D eigenvalue weighted by molar-refractivity contribution is 0.459. The first-order valence-corrected chi connectivity index (χ1v) is 5.73. The number of aromatic amines is 1. The molecule has 0 atom stereocenters. The van der Waals surface area contributed by atoms with Gasteiger partial charge >= 0.3 is 0 Å². The van der Waals surface area contributed by atoms with Crippen molar-refractivity contribution in [1.82, 2.24) is 10.3 Å². The highest BCUT2D eigenvalue weighted by Gasteiger charge is 2.15. The third-order valence-electron chi connectivity index (χ3n) is 3.19. The molecule has 0 spiro atoms. The zero-order valence-corrected chi connectivity index (χ0v) is 9.18. The van der Waals surface area contributed by atoms with E-state index in [4.69, 9.17) is 0 Å². The van der Waals surface area contributed by atoms with Gasteiger partial charge in [-0.3, -0.25) is 4.79 Å². The van der Waals surface area contributed by atoms with Crippen molar-refractivity contribution in [1.29, 1.82) is 0 Å². The van der Waals surface area contributed by atoms with E-state index in [1.807, 2.05) is 13.1 Å². The maximum atomic E-state index is 11.4. The van der Waals surface area contributed by atoms with E-state index in [1.54, 1.807) is 0 Å². The normalized spacial score (nSPS) is 17.9. The quantitative estimate of drug-likeness (QED) is 0.768. The summed E-state index contributed by atoms with van der Waals surface area (Å²) in [5, 5.41) is 3.35. The molecule has 0 saturated carbocycles. The number of hydrogen-bond acceptors (Lipinski definition) is 2. The molecular formula is C12H18N2O. The smallest absolute Gasteiger partial charge is 0.251 e. The predicted octanol–water partition coefficient (Wildman–Crippen LogP) is 1.40. The molecule has 2 rings (SSSR count). The van der Waals surface area contributed by atoms with Gasteiger partial charge in [-0.15, -0.1) is 0 Å². The lowest BCUT2D eigenvalue weighted by Crippen LogP contribution is -2.27. The lowest BCUT2D eigenvalue weighted by atomic mass is 9.90. The first-order valence-electron chi connectivity index (χ1n) is 5.73. The average Bonchev–Trinajstić information content (AvgIpc) is 2.31. The molecule has 0 unspecified atom stereocenters. The number of aryl methyl sites for hydroxylation is 1. The molecule has 1 aromatic rings. The molecule has 3 heteroatoms. The Bertz CT molecular complexity index is 377. The molecule has 1 saturated heterocycles. The van der Waals surface area contributed by atoms with Crippen LogP contribution in [0.25, 0.3) is 0 Å². The summed E-state index contributed by atoms with van der Waals surface area (Å²) < 4.78 is 0. The van der Waals surface area contributed by atoms with Gasteiger partial charge in [0.15, 0.2) is 0 Å². The second kappa shape index (κ2) is 4.62. The summed E-state index contributed by atoms with van der Waals surface area (Å²) in [7, 11) is 0. The molecule has 1 aliphatic rings. The first kappa shape index (κ1) is 10.4. The Hall–Kier alpha value is -1.09. The third-order valence-corrected chi connectivity index (χ3v) is 3.19. The van der Waals surface area contributed by atoms with Crippen molar-refractivity contribution < 1.29 is 0 Å². The fourth-order valence-electron chi connectivity index (χ4n) is 2.20. The van der Waals surface area contributed by atoms with Crippen LogP contribution in [0.15, 0.2) is 17.1 Å². The largest absolute Gasteiger partial charge is 0.329 e. The van der Waals surface area contributed by atoms with E-state index in [0.717, 1.165) is 25.1 Å². The zero-order chi connectivity index (χ0) is 10.7. The SMILES string of the molecule is CCc1cc(C2CCNCC2)c[nH]c1=O. The van der Waals surface area contributed by atoms with Crippen molar-refractivity contribution in [3.8, 4) is 0 Å². The molecule has 0 radical (unpaired) electrons. The minimum Gasteiger partial charge on any atom is -0.329 e. The summed E-state index contributed by atoms with van der Waals surface area (Å²) in [6, 6.07) is 2.08. The van der Waals surface area contributed by atoms with Gasteiger partial charge in [0.1, 0.15) is 0 Å². The van der Waals surface area contributed by atoms with Gasteiger partial charge in [-0.2, -0.15) is 0 Å². The van der Waals surface area contributed by atoms with Crippen LogP contribution in [0, 0.1) is 0 Å². The highest BCUT2D eigenvalue weighted by Crippen LogP contribution is 2.24. The molecular weight excluding hydrogens is 188 g/mol. The van der Waals surface area contributed by atoms with Gasteiger partial charge in [-0.1, -0.05) is 6.92 Å². The summed E-state index contributed by atoms with van der Waals surface area (Å²) in [5.41, 5.74) is 2.27. The van der Waals surface area contributed by atoms with Crippen molar-refractivity contribution >= 4 is 0 Å². The molecule has 15 heavy (non-hydrogen) atoms. The summed E-state index contributed by atoms with van der Waals surface area (Å²) >= 11 is 0. The van der Waals surface area contributed by atoms with E-state index in [1.165, 1.54) is 18.4 Å². The van der Waals surface area contributed by atoms with Crippen LogP contribution >= 0.6 is 0 Å². The van der Waals surface area contributed by atoms with Crippen molar-refractivity contribution in [2.45, 2.75) is 32.1 Å². The Morgan fingerprint density at radius 2 is 2.13 bits per heavy atom. The monoisotopic (exact) mass is 206 g/mol. The van der Waals surface area contributed by atoms with Crippen LogP contribution in [-0.4, -0.2) is 18.1 Å². The standard InChI is InChI=1S/C12H18N2O/c1-2-9-7-11(8-14-12(9)15)10-3-5-13-6-4-10/h7-8,10,13H,2-6H2,1H3,(H,14,15). The Labute approximate surface area is 89.9 Å². The van der Waals surface area contributed by atoms with Gasteiger partial charge in [0.2, 0.25) is 0 Å². The summed E-state index contributed by atoms with van der Waals surface area (Å²) in [6.07, 6.45) is 5.05. The number of rotatable bonds is 2. The number of pyridine rings is 1. The summed E-state index contributed by atoms with van der Waals surface area (Å²) in [6.45, 7) is 4.20. The maximum absolute atomic E-state index is 11.4. The maximum Gasteiger partial charge on any atom is 0.251 e. The van der Waals surface area contributed by atoms with Crippen LogP contribution in [0.4, 0.5) is 0 Å². The van der Waals surface area contributed by atoms with E-state index < -0.39 is 0 Å². The topological polar surface area (TPSA) is 44.9 Å². The Morgan fingerprint density at radius 3 is 2.80 bits per heavy atom. The van der Waals surface area contributed by atoms with Crippen LogP contribution in [0.1, 0.15) is 36.8 Å². The highest BCUT2D eigenvalue weighted by molar-refractivity contribution is 5.22. The van der Waals surface area contributed by atoms with Gasteiger partial charge in [0.05, 0.1) is 0 Å². The van der Waals surface area contributed by atoms with Crippen LogP contribution in [0.2, 0.25) is 0 Å². The number of H-pyrrole nitrogens is 1. The van der Waals surface area contributed by atoms with Gasteiger partial charge < -0.3 is 10.3 Å². The van der Waals surface area contributed by atoms with Crippen LogP contribution in [0.5, 0.6) is 0 Å². The Morgan fingerprint density at radius 1 is 1.40 bits per heavy atom. The van der Waals surface area contributed by atoms with Gasteiger partial charge in [0, 0.05) is 11.8 Å². The van der Waals surface area contributed by atoms with E-state index in [-0.39, 0.29) is 5.56 Å².